The van der Waals surface area contributed by atoms with E-state index in [-0.39, 0.29) is 17.6 Å². The third-order valence-electron chi connectivity index (χ3n) is 3.71. The zero-order chi connectivity index (χ0) is 15.5. The molecule has 1 aromatic carbocycles. The maximum Gasteiger partial charge on any atom is 0.254 e. The van der Waals surface area contributed by atoms with Gasteiger partial charge in [-0.1, -0.05) is 0 Å². The Morgan fingerprint density at radius 2 is 1.41 bits per heavy atom. The molecule has 6 heteroatoms. The van der Waals surface area contributed by atoms with Crippen LogP contribution in [0.2, 0.25) is 0 Å². The molecule has 0 radical (unpaired) electrons. The van der Waals surface area contributed by atoms with E-state index < -0.39 is 0 Å². The van der Waals surface area contributed by atoms with Crippen LogP contribution < -0.4 is 0 Å². The van der Waals surface area contributed by atoms with Crippen molar-refractivity contribution in [2.45, 2.75) is 0 Å². The quantitative estimate of drug-likeness (QED) is 0.853. The van der Waals surface area contributed by atoms with E-state index in [4.69, 9.17) is 0 Å². The van der Waals surface area contributed by atoms with Gasteiger partial charge in [0.25, 0.3) is 11.8 Å². The van der Waals surface area contributed by atoms with Crippen molar-refractivity contribution >= 4 is 23.2 Å². The number of carbonyl (C=O) groups is 2. The lowest BCUT2D eigenvalue weighted by atomic mass is 10.1. The molecule has 0 aliphatic carbocycles. The van der Waals surface area contributed by atoms with E-state index in [2.05, 4.69) is 0 Å². The van der Waals surface area contributed by atoms with Crippen LogP contribution in [0.25, 0.3) is 0 Å². The SMILES string of the molecule is O=C(c1ccc(F)cc1)N1CCN(C(=O)c2ccsc2)CC1. The first-order chi connectivity index (χ1) is 10.6. The van der Waals surface area contributed by atoms with Crippen molar-refractivity contribution < 1.29 is 14.0 Å². The number of carbonyl (C=O) groups excluding carboxylic acids is 2. The molecule has 4 nitrogen and oxygen atoms in total. The lowest BCUT2D eigenvalue weighted by Crippen LogP contribution is -2.50. The van der Waals surface area contributed by atoms with Crippen molar-refractivity contribution in [1.82, 2.24) is 9.80 Å². The van der Waals surface area contributed by atoms with Crippen LogP contribution in [0.15, 0.2) is 41.1 Å². The van der Waals surface area contributed by atoms with Gasteiger partial charge >= 0.3 is 0 Å². The Kier molecular flexibility index (Phi) is 4.20. The van der Waals surface area contributed by atoms with Crippen LogP contribution in [0, 0.1) is 5.82 Å². The largest absolute Gasteiger partial charge is 0.335 e. The van der Waals surface area contributed by atoms with E-state index in [1.165, 1.54) is 35.6 Å². The van der Waals surface area contributed by atoms with Crippen molar-refractivity contribution in [2.24, 2.45) is 0 Å². The summed E-state index contributed by atoms with van der Waals surface area (Å²) in [7, 11) is 0. The molecule has 0 N–H and O–H groups in total. The van der Waals surface area contributed by atoms with Gasteiger partial charge in [-0.15, -0.1) is 0 Å². The van der Waals surface area contributed by atoms with Crippen molar-refractivity contribution in [2.75, 3.05) is 26.2 Å². The highest BCUT2D eigenvalue weighted by Crippen LogP contribution is 2.14. The Hall–Kier alpha value is -2.21. The molecule has 0 spiro atoms. The Morgan fingerprint density at radius 1 is 0.864 bits per heavy atom. The van der Waals surface area contributed by atoms with Crippen molar-refractivity contribution in [1.29, 1.82) is 0 Å². The number of benzene rings is 1. The second-order valence-corrected chi connectivity index (χ2v) is 5.88. The number of rotatable bonds is 2. The lowest BCUT2D eigenvalue weighted by Gasteiger charge is -2.34. The molecule has 3 rings (SSSR count). The number of hydrogen-bond acceptors (Lipinski definition) is 3. The third kappa shape index (κ3) is 3.01. The first kappa shape index (κ1) is 14.7. The van der Waals surface area contributed by atoms with Gasteiger partial charge in [0.2, 0.25) is 0 Å². The molecule has 1 fully saturated rings. The maximum atomic E-state index is 12.9. The van der Waals surface area contributed by atoms with Gasteiger partial charge in [-0.25, -0.2) is 4.39 Å². The first-order valence-corrected chi connectivity index (χ1v) is 7.96. The van der Waals surface area contributed by atoms with Gasteiger partial charge in [0, 0.05) is 37.1 Å². The number of hydrogen-bond donors (Lipinski definition) is 0. The van der Waals surface area contributed by atoms with E-state index in [0.717, 1.165) is 0 Å². The van der Waals surface area contributed by atoms with Crippen LogP contribution in [0.1, 0.15) is 20.7 Å². The van der Waals surface area contributed by atoms with E-state index in [0.29, 0.717) is 37.3 Å². The monoisotopic (exact) mass is 318 g/mol. The second kappa shape index (κ2) is 6.27. The standard InChI is InChI=1S/C16H15FN2O2S/c17-14-3-1-12(2-4-14)15(20)18-6-8-19(9-7-18)16(21)13-5-10-22-11-13/h1-5,10-11H,6-9H2. The van der Waals surface area contributed by atoms with Crippen LogP contribution in [-0.2, 0) is 0 Å². The Morgan fingerprint density at radius 3 is 1.91 bits per heavy atom. The summed E-state index contributed by atoms with van der Waals surface area (Å²) in [5, 5.41) is 3.71. The molecule has 0 bridgehead atoms. The molecule has 1 aliphatic heterocycles. The number of amides is 2. The summed E-state index contributed by atoms with van der Waals surface area (Å²) in [6.07, 6.45) is 0. The lowest BCUT2D eigenvalue weighted by molar-refractivity contribution is 0.0536. The average molecular weight is 318 g/mol. The molecule has 114 valence electrons. The molecule has 2 amide bonds. The topological polar surface area (TPSA) is 40.6 Å². The molecule has 2 aromatic rings. The number of halogens is 1. The van der Waals surface area contributed by atoms with Crippen LogP contribution in [0.5, 0.6) is 0 Å². The molecule has 22 heavy (non-hydrogen) atoms. The Bertz CT molecular complexity index is 662. The van der Waals surface area contributed by atoms with Crippen LogP contribution >= 0.6 is 11.3 Å². The predicted octanol–water partition coefficient (Wildman–Crippen LogP) is 2.49. The third-order valence-corrected chi connectivity index (χ3v) is 4.40. The van der Waals surface area contributed by atoms with Gasteiger partial charge in [0.05, 0.1) is 5.56 Å². The highest BCUT2D eigenvalue weighted by atomic mass is 32.1. The van der Waals surface area contributed by atoms with E-state index >= 15 is 0 Å². The van der Waals surface area contributed by atoms with Gasteiger partial charge in [-0.2, -0.15) is 11.3 Å². The Balaban J connectivity index is 1.60. The van der Waals surface area contributed by atoms with Crippen LogP contribution in [-0.4, -0.2) is 47.8 Å². The highest BCUT2D eigenvalue weighted by Gasteiger charge is 2.25. The fourth-order valence-electron chi connectivity index (χ4n) is 2.46. The molecule has 1 aliphatic rings. The summed E-state index contributed by atoms with van der Waals surface area (Å²) >= 11 is 1.49. The van der Waals surface area contributed by atoms with Crippen molar-refractivity contribution in [3.63, 3.8) is 0 Å². The number of nitrogens with zero attached hydrogens (tertiary/aromatic N) is 2. The summed E-state index contributed by atoms with van der Waals surface area (Å²) in [5.41, 5.74) is 1.17. The van der Waals surface area contributed by atoms with E-state index in [1.807, 2.05) is 16.8 Å². The number of piperazine rings is 1. The molecule has 0 saturated carbocycles. The van der Waals surface area contributed by atoms with Gasteiger partial charge in [-0.05, 0) is 35.7 Å². The van der Waals surface area contributed by atoms with Crippen LogP contribution in [0.4, 0.5) is 4.39 Å². The van der Waals surface area contributed by atoms with Gasteiger partial charge in [0.15, 0.2) is 0 Å². The average Bonchev–Trinajstić information content (AvgIpc) is 3.09. The van der Waals surface area contributed by atoms with E-state index in [9.17, 15) is 14.0 Å². The minimum Gasteiger partial charge on any atom is -0.335 e. The molecule has 1 aromatic heterocycles. The molecular weight excluding hydrogens is 303 g/mol. The molecular formula is C16H15FN2O2S. The fraction of sp³-hybridized carbons (Fsp3) is 0.250. The summed E-state index contributed by atoms with van der Waals surface area (Å²) < 4.78 is 12.9. The van der Waals surface area contributed by atoms with Crippen LogP contribution in [0.3, 0.4) is 0 Å². The summed E-state index contributed by atoms with van der Waals surface area (Å²) in [5.74, 6) is -0.472. The first-order valence-electron chi connectivity index (χ1n) is 7.01. The maximum absolute atomic E-state index is 12.9. The van der Waals surface area contributed by atoms with Gasteiger partial charge in [0.1, 0.15) is 5.82 Å². The minimum atomic E-state index is -0.359. The summed E-state index contributed by atoms with van der Waals surface area (Å²) in [4.78, 5) is 28.0. The highest BCUT2D eigenvalue weighted by molar-refractivity contribution is 7.08. The molecule has 0 unspecified atom stereocenters. The Labute approximate surface area is 131 Å². The fourth-order valence-corrected chi connectivity index (χ4v) is 3.09. The van der Waals surface area contributed by atoms with Crippen molar-refractivity contribution in [3.8, 4) is 0 Å². The summed E-state index contributed by atoms with van der Waals surface area (Å²) in [6.45, 7) is 2.02. The van der Waals surface area contributed by atoms with Gasteiger partial charge in [-0.3, -0.25) is 9.59 Å². The smallest absolute Gasteiger partial charge is 0.254 e. The van der Waals surface area contributed by atoms with Gasteiger partial charge < -0.3 is 9.80 Å². The molecule has 0 atom stereocenters. The molecule has 2 heterocycles. The minimum absolute atomic E-state index is 0.00938. The second-order valence-electron chi connectivity index (χ2n) is 5.10. The molecule has 1 saturated heterocycles. The van der Waals surface area contributed by atoms with Crippen molar-refractivity contribution in [3.05, 3.63) is 58.0 Å². The summed E-state index contributed by atoms with van der Waals surface area (Å²) in [6, 6.07) is 7.34. The predicted molar refractivity (Wildman–Crippen MR) is 82.5 cm³/mol. The zero-order valence-corrected chi connectivity index (χ0v) is 12.7. The zero-order valence-electron chi connectivity index (χ0n) is 11.9. The van der Waals surface area contributed by atoms with E-state index in [1.54, 1.807) is 9.80 Å². The number of thiophene rings is 1. The normalized spacial score (nSPS) is 15.0.